The molecule has 1 aromatic heterocycles. The van der Waals surface area contributed by atoms with Gasteiger partial charge in [0.25, 0.3) is 0 Å². The molecule has 17 heavy (non-hydrogen) atoms. The third kappa shape index (κ3) is 2.66. The summed E-state index contributed by atoms with van der Waals surface area (Å²) in [5.74, 6) is 2.36. The van der Waals surface area contributed by atoms with Crippen LogP contribution in [0.3, 0.4) is 0 Å². The maximum atomic E-state index is 9.57. The molecule has 2 heterocycles. The molecule has 0 aliphatic carbocycles. The Labute approximate surface area is 102 Å². The van der Waals surface area contributed by atoms with Gasteiger partial charge in [0.05, 0.1) is 0 Å². The first-order valence-electron chi connectivity index (χ1n) is 5.99. The monoisotopic (exact) mass is 230 g/mol. The third-order valence-corrected chi connectivity index (χ3v) is 3.43. The fraction of sp³-hybridized carbons (Fsp3) is 0.500. The van der Waals surface area contributed by atoms with E-state index in [-0.39, 0.29) is 0 Å². The van der Waals surface area contributed by atoms with Crippen LogP contribution in [-0.4, -0.2) is 34.7 Å². The standard InChI is InChI=1S/C14H18N2O/c1-3-12(17)9-11-6-7-15-10-13(11)14-5-4-8-16(14)2/h1,6-7,10,12,14,17H,4-5,8-9H2,2H3. The molecule has 0 spiro atoms. The summed E-state index contributed by atoms with van der Waals surface area (Å²) in [6.07, 6.45) is 11.1. The van der Waals surface area contributed by atoms with E-state index in [2.05, 4.69) is 22.9 Å². The number of terminal acetylenes is 1. The summed E-state index contributed by atoms with van der Waals surface area (Å²) >= 11 is 0. The van der Waals surface area contributed by atoms with Crippen molar-refractivity contribution in [1.29, 1.82) is 0 Å². The molecule has 0 saturated carbocycles. The number of aliphatic hydroxyl groups is 1. The number of likely N-dealkylation sites (tertiary alicyclic amines) is 1. The van der Waals surface area contributed by atoms with E-state index in [0.29, 0.717) is 12.5 Å². The lowest BCUT2D eigenvalue weighted by Gasteiger charge is -2.22. The van der Waals surface area contributed by atoms with E-state index in [1.165, 1.54) is 12.0 Å². The molecule has 2 atom stereocenters. The summed E-state index contributed by atoms with van der Waals surface area (Å²) in [6.45, 7) is 1.12. The summed E-state index contributed by atoms with van der Waals surface area (Å²) in [5.41, 5.74) is 2.33. The normalized spacial score (nSPS) is 22.3. The fourth-order valence-corrected chi connectivity index (χ4v) is 2.49. The lowest BCUT2D eigenvalue weighted by Crippen LogP contribution is -2.20. The molecule has 0 radical (unpaired) electrons. The highest BCUT2D eigenvalue weighted by molar-refractivity contribution is 5.29. The van der Waals surface area contributed by atoms with Crippen LogP contribution in [0.5, 0.6) is 0 Å². The number of hydrogen-bond donors (Lipinski definition) is 1. The highest BCUT2D eigenvalue weighted by Crippen LogP contribution is 2.32. The van der Waals surface area contributed by atoms with E-state index in [0.717, 1.165) is 18.5 Å². The smallest absolute Gasteiger partial charge is 0.118 e. The first-order chi connectivity index (χ1) is 8.22. The molecule has 0 bridgehead atoms. The van der Waals surface area contributed by atoms with Gasteiger partial charge in [0.2, 0.25) is 0 Å². The van der Waals surface area contributed by atoms with Gasteiger partial charge in [-0.2, -0.15) is 0 Å². The Kier molecular flexibility index (Phi) is 3.78. The van der Waals surface area contributed by atoms with Crippen LogP contribution in [0.1, 0.15) is 30.0 Å². The van der Waals surface area contributed by atoms with Crippen molar-refractivity contribution in [1.82, 2.24) is 9.88 Å². The van der Waals surface area contributed by atoms with Crippen LogP contribution >= 0.6 is 0 Å². The molecule has 2 rings (SSSR count). The van der Waals surface area contributed by atoms with Gasteiger partial charge in [0, 0.05) is 24.9 Å². The Balaban J connectivity index is 2.24. The molecule has 3 nitrogen and oxygen atoms in total. The minimum atomic E-state index is -0.706. The number of nitrogens with zero attached hydrogens (tertiary/aromatic N) is 2. The minimum absolute atomic E-state index is 0.420. The lowest BCUT2D eigenvalue weighted by molar-refractivity contribution is 0.231. The second kappa shape index (κ2) is 5.31. The Hall–Kier alpha value is -1.37. The Morgan fingerprint density at radius 1 is 1.71 bits per heavy atom. The number of aromatic nitrogens is 1. The van der Waals surface area contributed by atoms with Gasteiger partial charge in [-0.1, -0.05) is 5.92 Å². The van der Waals surface area contributed by atoms with Gasteiger partial charge in [-0.3, -0.25) is 9.88 Å². The van der Waals surface area contributed by atoms with Crippen LogP contribution in [0.15, 0.2) is 18.5 Å². The second-order valence-electron chi connectivity index (χ2n) is 4.60. The van der Waals surface area contributed by atoms with Gasteiger partial charge in [-0.25, -0.2) is 0 Å². The topological polar surface area (TPSA) is 36.4 Å². The quantitative estimate of drug-likeness (QED) is 0.797. The maximum Gasteiger partial charge on any atom is 0.118 e. The zero-order valence-electron chi connectivity index (χ0n) is 10.1. The van der Waals surface area contributed by atoms with Crippen LogP contribution in [0.4, 0.5) is 0 Å². The Bertz CT molecular complexity index is 424. The first-order valence-corrected chi connectivity index (χ1v) is 5.99. The first kappa shape index (κ1) is 12.1. The van der Waals surface area contributed by atoms with Crippen molar-refractivity contribution >= 4 is 0 Å². The number of rotatable bonds is 3. The molecule has 2 unspecified atom stereocenters. The van der Waals surface area contributed by atoms with Crippen molar-refractivity contribution in [3.63, 3.8) is 0 Å². The van der Waals surface area contributed by atoms with Gasteiger partial charge < -0.3 is 5.11 Å². The van der Waals surface area contributed by atoms with Crippen LogP contribution in [-0.2, 0) is 6.42 Å². The van der Waals surface area contributed by atoms with Crippen molar-refractivity contribution in [2.75, 3.05) is 13.6 Å². The summed E-state index contributed by atoms with van der Waals surface area (Å²) in [6, 6.07) is 2.38. The molecular formula is C14H18N2O. The highest BCUT2D eigenvalue weighted by atomic mass is 16.3. The van der Waals surface area contributed by atoms with Crippen LogP contribution in [0.25, 0.3) is 0 Å². The minimum Gasteiger partial charge on any atom is -0.380 e. The maximum absolute atomic E-state index is 9.57. The number of pyridine rings is 1. The van der Waals surface area contributed by atoms with Gasteiger partial charge in [-0.05, 0) is 43.6 Å². The third-order valence-electron chi connectivity index (χ3n) is 3.43. The van der Waals surface area contributed by atoms with Crippen molar-refractivity contribution < 1.29 is 5.11 Å². The molecule has 1 aliphatic rings. The highest BCUT2D eigenvalue weighted by Gasteiger charge is 2.25. The van der Waals surface area contributed by atoms with Crippen molar-refractivity contribution in [2.24, 2.45) is 0 Å². The van der Waals surface area contributed by atoms with Crippen molar-refractivity contribution in [3.8, 4) is 12.3 Å². The molecule has 1 aromatic rings. The molecule has 1 saturated heterocycles. The molecule has 1 N–H and O–H groups in total. The SMILES string of the molecule is C#CC(O)Cc1ccncc1C1CCCN1C. The number of aliphatic hydroxyl groups excluding tert-OH is 1. The number of hydrogen-bond acceptors (Lipinski definition) is 3. The van der Waals surface area contributed by atoms with Gasteiger partial charge in [-0.15, -0.1) is 6.42 Å². The van der Waals surface area contributed by atoms with E-state index in [1.807, 2.05) is 12.3 Å². The average molecular weight is 230 g/mol. The molecule has 0 aromatic carbocycles. The van der Waals surface area contributed by atoms with Crippen LogP contribution < -0.4 is 0 Å². The van der Waals surface area contributed by atoms with Crippen LogP contribution in [0.2, 0.25) is 0 Å². The summed E-state index contributed by atoms with van der Waals surface area (Å²) < 4.78 is 0. The fourth-order valence-electron chi connectivity index (χ4n) is 2.49. The summed E-state index contributed by atoms with van der Waals surface area (Å²) in [7, 11) is 2.13. The zero-order valence-corrected chi connectivity index (χ0v) is 10.1. The van der Waals surface area contributed by atoms with Crippen molar-refractivity contribution in [3.05, 3.63) is 29.6 Å². The Morgan fingerprint density at radius 2 is 2.53 bits per heavy atom. The van der Waals surface area contributed by atoms with Crippen LogP contribution in [0, 0.1) is 12.3 Å². The van der Waals surface area contributed by atoms with E-state index in [4.69, 9.17) is 6.42 Å². The molecule has 1 fully saturated rings. The van der Waals surface area contributed by atoms with Gasteiger partial charge in [0.1, 0.15) is 6.10 Å². The van der Waals surface area contributed by atoms with E-state index >= 15 is 0 Å². The molecule has 90 valence electrons. The van der Waals surface area contributed by atoms with E-state index in [9.17, 15) is 5.11 Å². The van der Waals surface area contributed by atoms with Gasteiger partial charge >= 0.3 is 0 Å². The zero-order chi connectivity index (χ0) is 12.3. The summed E-state index contributed by atoms with van der Waals surface area (Å²) in [5, 5.41) is 9.57. The lowest BCUT2D eigenvalue weighted by atomic mass is 9.97. The van der Waals surface area contributed by atoms with E-state index < -0.39 is 6.10 Å². The predicted octanol–water partition coefficient (Wildman–Crippen LogP) is 1.38. The predicted molar refractivity (Wildman–Crippen MR) is 67.4 cm³/mol. The van der Waals surface area contributed by atoms with E-state index in [1.54, 1.807) is 6.20 Å². The average Bonchev–Trinajstić information content (AvgIpc) is 2.76. The molecular weight excluding hydrogens is 212 g/mol. The van der Waals surface area contributed by atoms with Crippen molar-refractivity contribution in [2.45, 2.75) is 31.4 Å². The molecule has 3 heteroatoms. The largest absolute Gasteiger partial charge is 0.380 e. The second-order valence-corrected chi connectivity index (χ2v) is 4.60. The Morgan fingerprint density at radius 3 is 3.18 bits per heavy atom. The summed E-state index contributed by atoms with van der Waals surface area (Å²) in [4.78, 5) is 6.53. The van der Waals surface area contributed by atoms with Gasteiger partial charge in [0.15, 0.2) is 0 Å². The molecule has 1 aliphatic heterocycles. The molecule has 0 amide bonds.